The Morgan fingerprint density at radius 3 is 2.42 bits per heavy atom. The molecule has 0 saturated heterocycles. The SMILES string of the molecule is CC(NS(=O)(=O)c1cnc(Cl)nc1)c1ccc(Cl)s1. The van der Waals surface area contributed by atoms with E-state index in [0.29, 0.717) is 4.34 Å². The smallest absolute Gasteiger partial charge is 0.225 e. The van der Waals surface area contributed by atoms with Gasteiger partial charge in [0.15, 0.2) is 0 Å². The fourth-order valence-electron chi connectivity index (χ4n) is 1.36. The quantitative estimate of drug-likeness (QED) is 0.870. The highest BCUT2D eigenvalue weighted by Crippen LogP contribution is 2.27. The van der Waals surface area contributed by atoms with Gasteiger partial charge in [-0.15, -0.1) is 11.3 Å². The second-order valence-electron chi connectivity index (χ2n) is 3.67. The van der Waals surface area contributed by atoms with Crippen molar-refractivity contribution in [1.29, 1.82) is 0 Å². The zero-order chi connectivity index (χ0) is 14.0. The highest BCUT2D eigenvalue weighted by Gasteiger charge is 2.20. The van der Waals surface area contributed by atoms with E-state index in [4.69, 9.17) is 23.2 Å². The van der Waals surface area contributed by atoms with Crippen molar-refractivity contribution in [2.45, 2.75) is 17.9 Å². The molecule has 0 aliphatic carbocycles. The van der Waals surface area contributed by atoms with Gasteiger partial charge >= 0.3 is 0 Å². The summed E-state index contributed by atoms with van der Waals surface area (Å²) in [6.45, 7) is 1.73. The van der Waals surface area contributed by atoms with Crippen LogP contribution in [0.15, 0.2) is 29.4 Å². The molecule has 0 radical (unpaired) electrons. The molecule has 102 valence electrons. The van der Waals surface area contributed by atoms with Crippen molar-refractivity contribution in [1.82, 2.24) is 14.7 Å². The van der Waals surface area contributed by atoms with Gasteiger partial charge in [0.2, 0.25) is 15.3 Å². The third kappa shape index (κ3) is 3.64. The van der Waals surface area contributed by atoms with E-state index in [1.54, 1.807) is 19.1 Å². The Balaban J connectivity index is 2.19. The van der Waals surface area contributed by atoms with Crippen LogP contribution in [0, 0.1) is 0 Å². The summed E-state index contributed by atoms with van der Waals surface area (Å²) in [7, 11) is -3.69. The number of hydrogen-bond donors (Lipinski definition) is 1. The number of hydrogen-bond acceptors (Lipinski definition) is 5. The summed E-state index contributed by atoms with van der Waals surface area (Å²) in [6.07, 6.45) is 2.32. The molecule has 0 aliphatic rings. The van der Waals surface area contributed by atoms with Gasteiger partial charge in [-0.25, -0.2) is 23.1 Å². The zero-order valence-corrected chi connectivity index (χ0v) is 12.8. The topological polar surface area (TPSA) is 72.0 Å². The van der Waals surface area contributed by atoms with Crippen LogP contribution >= 0.6 is 34.5 Å². The van der Waals surface area contributed by atoms with Crippen molar-refractivity contribution in [2.24, 2.45) is 0 Å². The molecule has 2 heterocycles. The van der Waals surface area contributed by atoms with Gasteiger partial charge in [-0.3, -0.25) is 0 Å². The number of thiophene rings is 1. The number of nitrogens with zero attached hydrogens (tertiary/aromatic N) is 2. The van der Waals surface area contributed by atoms with E-state index < -0.39 is 16.1 Å². The van der Waals surface area contributed by atoms with Gasteiger partial charge in [-0.2, -0.15) is 0 Å². The van der Waals surface area contributed by atoms with Gasteiger partial charge in [0.25, 0.3) is 0 Å². The van der Waals surface area contributed by atoms with Gasteiger partial charge in [0, 0.05) is 4.88 Å². The predicted octanol–water partition coefficient (Wildman–Crippen LogP) is 2.88. The van der Waals surface area contributed by atoms with Crippen LogP contribution in [0.2, 0.25) is 9.62 Å². The lowest BCUT2D eigenvalue weighted by atomic mass is 10.3. The van der Waals surface area contributed by atoms with E-state index in [1.807, 2.05) is 0 Å². The number of aromatic nitrogens is 2. The first kappa shape index (κ1) is 14.7. The minimum absolute atomic E-state index is 0.00274. The predicted molar refractivity (Wildman–Crippen MR) is 75.1 cm³/mol. The van der Waals surface area contributed by atoms with Crippen molar-refractivity contribution in [3.8, 4) is 0 Å². The first-order chi connectivity index (χ1) is 8.88. The summed E-state index contributed by atoms with van der Waals surface area (Å²) in [5, 5.41) is -0.00274. The summed E-state index contributed by atoms with van der Waals surface area (Å²) in [5.74, 6) is 0. The van der Waals surface area contributed by atoms with Crippen molar-refractivity contribution in [3.05, 3.63) is 39.0 Å². The number of rotatable bonds is 4. The van der Waals surface area contributed by atoms with Crippen LogP contribution in [0.4, 0.5) is 0 Å². The van der Waals surface area contributed by atoms with Crippen LogP contribution < -0.4 is 4.72 Å². The maximum Gasteiger partial charge on any atom is 0.244 e. The van der Waals surface area contributed by atoms with Crippen LogP contribution in [-0.2, 0) is 10.0 Å². The molecule has 0 bridgehead atoms. The largest absolute Gasteiger partial charge is 0.244 e. The number of halogens is 2. The minimum atomic E-state index is -3.69. The average Bonchev–Trinajstić information content (AvgIpc) is 2.76. The fraction of sp³-hybridized carbons (Fsp3) is 0.200. The van der Waals surface area contributed by atoms with Gasteiger partial charge in [-0.1, -0.05) is 11.6 Å². The second-order valence-corrected chi connectivity index (χ2v) is 7.47. The first-order valence-corrected chi connectivity index (χ1v) is 8.19. The molecule has 9 heteroatoms. The van der Waals surface area contributed by atoms with E-state index in [-0.39, 0.29) is 10.2 Å². The molecule has 0 aliphatic heterocycles. The molecule has 1 N–H and O–H groups in total. The molecule has 0 fully saturated rings. The van der Waals surface area contributed by atoms with Crippen LogP contribution in [0.25, 0.3) is 0 Å². The highest BCUT2D eigenvalue weighted by atomic mass is 35.5. The van der Waals surface area contributed by atoms with Gasteiger partial charge in [0.1, 0.15) is 4.90 Å². The van der Waals surface area contributed by atoms with Crippen molar-refractivity contribution in [3.63, 3.8) is 0 Å². The van der Waals surface area contributed by atoms with Crippen LogP contribution in [0.1, 0.15) is 17.8 Å². The fourth-order valence-corrected chi connectivity index (χ4v) is 3.71. The lowest BCUT2D eigenvalue weighted by Crippen LogP contribution is -2.26. The monoisotopic (exact) mass is 337 g/mol. The molecule has 2 rings (SSSR count). The molecule has 2 aromatic rings. The molecule has 1 unspecified atom stereocenters. The Kier molecular flexibility index (Phi) is 4.42. The summed E-state index contributed by atoms with van der Waals surface area (Å²) in [6, 6.07) is 3.11. The van der Waals surface area contributed by atoms with Crippen LogP contribution in [0.3, 0.4) is 0 Å². The van der Waals surface area contributed by atoms with Crippen LogP contribution in [0.5, 0.6) is 0 Å². The highest BCUT2D eigenvalue weighted by molar-refractivity contribution is 7.89. The Morgan fingerprint density at radius 1 is 1.26 bits per heavy atom. The van der Waals surface area contributed by atoms with Gasteiger partial charge in [0.05, 0.1) is 22.8 Å². The minimum Gasteiger partial charge on any atom is -0.225 e. The molecule has 0 saturated carbocycles. The van der Waals surface area contributed by atoms with Crippen LogP contribution in [-0.4, -0.2) is 18.4 Å². The lowest BCUT2D eigenvalue weighted by Gasteiger charge is -2.12. The summed E-state index contributed by atoms with van der Waals surface area (Å²) >= 11 is 12.7. The maximum absolute atomic E-state index is 12.1. The Bertz CT molecular complexity index is 670. The Hall–Kier alpha value is -0.730. The van der Waals surface area contributed by atoms with Crippen molar-refractivity contribution >= 4 is 44.6 Å². The number of nitrogens with one attached hydrogen (secondary N) is 1. The average molecular weight is 338 g/mol. The standard InChI is InChI=1S/C10H9Cl2N3O2S2/c1-6(8-2-3-9(11)18-8)15-19(16,17)7-4-13-10(12)14-5-7/h2-6,15H,1H3. The maximum atomic E-state index is 12.1. The molecule has 19 heavy (non-hydrogen) atoms. The molecule has 1 atom stereocenters. The van der Waals surface area contributed by atoms with E-state index in [9.17, 15) is 8.42 Å². The summed E-state index contributed by atoms with van der Waals surface area (Å²) in [4.78, 5) is 8.08. The van der Waals surface area contributed by atoms with Gasteiger partial charge < -0.3 is 0 Å². The molecule has 5 nitrogen and oxygen atoms in total. The van der Waals surface area contributed by atoms with E-state index in [0.717, 1.165) is 17.3 Å². The number of sulfonamides is 1. The summed E-state index contributed by atoms with van der Waals surface area (Å²) in [5.41, 5.74) is 0. The van der Waals surface area contributed by atoms with Crippen molar-refractivity contribution in [2.75, 3.05) is 0 Å². The summed E-state index contributed by atoms with van der Waals surface area (Å²) < 4.78 is 27.3. The lowest BCUT2D eigenvalue weighted by molar-refractivity contribution is 0.567. The van der Waals surface area contributed by atoms with E-state index in [2.05, 4.69) is 14.7 Å². The molecule has 0 amide bonds. The van der Waals surface area contributed by atoms with Crippen molar-refractivity contribution < 1.29 is 8.42 Å². The molecular formula is C10H9Cl2N3O2S2. The third-order valence-electron chi connectivity index (χ3n) is 2.26. The third-order valence-corrected chi connectivity index (χ3v) is 5.36. The van der Waals surface area contributed by atoms with E-state index >= 15 is 0 Å². The molecular weight excluding hydrogens is 329 g/mol. The normalized spacial score (nSPS) is 13.4. The molecule has 2 aromatic heterocycles. The van der Waals surface area contributed by atoms with Gasteiger partial charge in [-0.05, 0) is 30.7 Å². The zero-order valence-electron chi connectivity index (χ0n) is 9.67. The Labute approximate surface area is 124 Å². The first-order valence-electron chi connectivity index (χ1n) is 5.13. The Morgan fingerprint density at radius 2 is 1.89 bits per heavy atom. The molecule has 0 spiro atoms. The molecule has 0 aromatic carbocycles. The van der Waals surface area contributed by atoms with E-state index in [1.165, 1.54) is 11.3 Å². The second kappa shape index (κ2) is 5.72.